The van der Waals surface area contributed by atoms with Crippen LogP contribution in [0.5, 0.6) is 0 Å². The number of nitrogens with two attached hydrogens (primary N) is 1. The number of carbonyl (C=O) groups is 1. The molecule has 2 N–H and O–H groups in total. The van der Waals surface area contributed by atoms with Gasteiger partial charge in [-0.1, -0.05) is 31.0 Å². The summed E-state index contributed by atoms with van der Waals surface area (Å²) in [6.07, 6.45) is 4.58. The molecular formula is C16H25ClN2OS. The molecule has 0 aliphatic rings. The maximum absolute atomic E-state index is 12.5. The van der Waals surface area contributed by atoms with Crippen LogP contribution in [0.3, 0.4) is 0 Å². The summed E-state index contributed by atoms with van der Waals surface area (Å²) < 4.78 is 0.751. The Kier molecular flexibility index (Phi) is 8.01. The van der Waals surface area contributed by atoms with Crippen molar-refractivity contribution in [1.82, 2.24) is 4.90 Å². The van der Waals surface area contributed by atoms with Crippen molar-refractivity contribution in [2.75, 3.05) is 6.54 Å². The lowest BCUT2D eigenvalue weighted by Crippen LogP contribution is -2.34. The molecule has 1 amide bonds. The molecule has 1 rings (SSSR count). The van der Waals surface area contributed by atoms with E-state index in [-0.39, 0.29) is 17.9 Å². The lowest BCUT2D eigenvalue weighted by molar-refractivity contribution is -0.135. The van der Waals surface area contributed by atoms with E-state index in [2.05, 4.69) is 6.58 Å². The van der Waals surface area contributed by atoms with Gasteiger partial charge in [0.1, 0.15) is 0 Å². The molecule has 0 aliphatic heterocycles. The highest BCUT2D eigenvalue weighted by Gasteiger charge is 2.20. The molecular weight excluding hydrogens is 304 g/mol. The first kappa shape index (κ1) is 18.2. The molecule has 0 bridgehead atoms. The average Bonchev–Trinajstić information content (AvgIpc) is 2.82. The zero-order valence-electron chi connectivity index (χ0n) is 12.8. The van der Waals surface area contributed by atoms with Crippen molar-refractivity contribution in [3.05, 3.63) is 34.0 Å². The summed E-state index contributed by atoms with van der Waals surface area (Å²) in [4.78, 5) is 15.5. The van der Waals surface area contributed by atoms with Gasteiger partial charge in [0, 0.05) is 23.4 Å². The van der Waals surface area contributed by atoms with Crippen molar-refractivity contribution < 1.29 is 4.79 Å². The highest BCUT2D eigenvalue weighted by molar-refractivity contribution is 7.16. The van der Waals surface area contributed by atoms with E-state index in [1.807, 2.05) is 30.9 Å². The topological polar surface area (TPSA) is 46.3 Å². The molecule has 3 nitrogen and oxygen atoms in total. The van der Waals surface area contributed by atoms with Crippen molar-refractivity contribution >= 4 is 28.8 Å². The van der Waals surface area contributed by atoms with Crippen molar-refractivity contribution in [1.29, 1.82) is 0 Å². The van der Waals surface area contributed by atoms with Gasteiger partial charge in [0.05, 0.1) is 10.9 Å². The van der Waals surface area contributed by atoms with Gasteiger partial charge >= 0.3 is 0 Å². The summed E-state index contributed by atoms with van der Waals surface area (Å²) in [5, 5.41) is 0. The van der Waals surface area contributed by atoms with E-state index in [0.717, 1.165) is 28.5 Å². The molecule has 0 radical (unpaired) electrons. The number of rotatable bonds is 9. The van der Waals surface area contributed by atoms with Gasteiger partial charge in [0.15, 0.2) is 0 Å². The lowest BCUT2D eigenvalue weighted by atomic mass is 10.0. The summed E-state index contributed by atoms with van der Waals surface area (Å²) in [7, 11) is 0. The number of halogens is 1. The fourth-order valence-corrected chi connectivity index (χ4v) is 3.30. The Hall–Kier alpha value is -0.840. The van der Waals surface area contributed by atoms with Gasteiger partial charge in [-0.3, -0.25) is 4.79 Å². The molecule has 0 aromatic carbocycles. The van der Waals surface area contributed by atoms with Crippen molar-refractivity contribution in [3.8, 4) is 0 Å². The van der Waals surface area contributed by atoms with E-state index in [9.17, 15) is 4.79 Å². The zero-order valence-corrected chi connectivity index (χ0v) is 14.4. The predicted octanol–water partition coefficient (Wildman–Crippen LogP) is 4.07. The first-order valence-electron chi connectivity index (χ1n) is 7.33. The third-order valence-electron chi connectivity index (χ3n) is 3.35. The summed E-state index contributed by atoms with van der Waals surface area (Å²) in [5.74, 6) is 0.184. The average molecular weight is 329 g/mol. The molecule has 5 heteroatoms. The molecule has 0 spiro atoms. The Balaban J connectivity index is 2.57. The highest BCUT2D eigenvalue weighted by atomic mass is 35.5. The van der Waals surface area contributed by atoms with Crippen LogP contribution in [0.2, 0.25) is 4.34 Å². The first-order chi connectivity index (χ1) is 9.93. The van der Waals surface area contributed by atoms with Gasteiger partial charge < -0.3 is 10.6 Å². The minimum absolute atomic E-state index is 0.0131. The number of hydrogen-bond donors (Lipinski definition) is 1. The maximum atomic E-state index is 12.5. The number of hydrogen-bond acceptors (Lipinski definition) is 3. The van der Waals surface area contributed by atoms with E-state index < -0.39 is 0 Å². The van der Waals surface area contributed by atoms with Crippen LogP contribution >= 0.6 is 22.9 Å². The fourth-order valence-electron chi connectivity index (χ4n) is 2.19. The zero-order chi connectivity index (χ0) is 15.8. The molecule has 1 heterocycles. The Morgan fingerprint density at radius 1 is 1.48 bits per heavy atom. The van der Waals surface area contributed by atoms with Crippen LogP contribution in [0.25, 0.3) is 0 Å². The van der Waals surface area contributed by atoms with E-state index in [4.69, 9.17) is 17.3 Å². The van der Waals surface area contributed by atoms with E-state index in [1.165, 1.54) is 11.3 Å². The first-order valence-corrected chi connectivity index (χ1v) is 8.53. The molecule has 2 unspecified atom stereocenters. The SMILES string of the molecule is C=CCN(Cc1ccc(Cl)s1)C(=O)C(C)CCCC(C)N. The van der Waals surface area contributed by atoms with Gasteiger partial charge in [-0.15, -0.1) is 17.9 Å². The highest BCUT2D eigenvalue weighted by Crippen LogP contribution is 2.23. The fraction of sp³-hybridized carbons (Fsp3) is 0.562. The lowest BCUT2D eigenvalue weighted by Gasteiger charge is -2.24. The van der Waals surface area contributed by atoms with Gasteiger partial charge in [0.25, 0.3) is 0 Å². The van der Waals surface area contributed by atoms with Crippen LogP contribution in [0.1, 0.15) is 38.0 Å². The maximum Gasteiger partial charge on any atom is 0.226 e. The molecule has 118 valence electrons. The Bertz CT molecular complexity index is 459. The minimum Gasteiger partial charge on any atom is -0.334 e. The van der Waals surface area contributed by atoms with Crippen LogP contribution < -0.4 is 5.73 Å². The Morgan fingerprint density at radius 2 is 2.19 bits per heavy atom. The third-order valence-corrected chi connectivity index (χ3v) is 4.57. The number of carbonyl (C=O) groups excluding carboxylic acids is 1. The second-order valence-corrected chi connectivity index (χ2v) is 7.32. The van der Waals surface area contributed by atoms with Crippen LogP contribution in [-0.2, 0) is 11.3 Å². The van der Waals surface area contributed by atoms with Crippen LogP contribution in [-0.4, -0.2) is 23.4 Å². The van der Waals surface area contributed by atoms with Crippen molar-refractivity contribution in [2.45, 2.75) is 45.7 Å². The van der Waals surface area contributed by atoms with Crippen LogP contribution in [0, 0.1) is 5.92 Å². The van der Waals surface area contributed by atoms with Gasteiger partial charge in [0.2, 0.25) is 5.91 Å². The third kappa shape index (κ3) is 6.64. The molecule has 0 saturated heterocycles. The number of amides is 1. The van der Waals surface area contributed by atoms with Crippen LogP contribution in [0.4, 0.5) is 0 Å². The molecule has 21 heavy (non-hydrogen) atoms. The smallest absolute Gasteiger partial charge is 0.226 e. The van der Waals surface area contributed by atoms with Crippen molar-refractivity contribution in [2.24, 2.45) is 11.7 Å². The second kappa shape index (κ2) is 9.23. The molecule has 2 atom stereocenters. The second-order valence-electron chi connectivity index (χ2n) is 5.52. The summed E-state index contributed by atoms with van der Waals surface area (Å²) in [5.41, 5.74) is 5.75. The van der Waals surface area contributed by atoms with E-state index >= 15 is 0 Å². The molecule has 0 aliphatic carbocycles. The van der Waals surface area contributed by atoms with Gasteiger partial charge in [-0.05, 0) is 31.9 Å². The van der Waals surface area contributed by atoms with Gasteiger partial charge in [-0.25, -0.2) is 0 Å². The predicted molar refractivity (Wildman–Crippen MR) is 91.6 cm³/mol. The Morgan fingerprint density at radius 3 is 2.71 bits per heavy atom. The van der Waals surface area contributed by atoms with E-state index in [0.29, 0.717) is 13.1 Å². The largest absolute Gasteiger partial charge is 0.334 e. The molecule has 1 aromatic rings. The van der Waals surface area contributed by atoms with Crippen LogP contribution in [0.15, 0.2) is 24.8 Å². The molecule has 0 fully saturated rings. The monoisotopic (exact) mass is 328 g/mol. The quantitative estimate of drug-likeness (QED) is 0.694. The summed E-state index contributed by atoms with van der Waals surface area (Å²) >= 11 is 7.46. The van der Waals surface area contributed by atoms with Crippen molar-refractivity contribution in [3.63, 3.8) is 0 Å². The number of nitrogens with zero attached hydrogens (tertiary/aromatic N) is 1. The summed E-state index contributed by atoms with van der Waals surface area (Å²) in [6, 6.07) is 4.03. The molecule has 0 saturated carbocycles. The number of thiophene rings is 1. The van der Waals surface area contributed by atoms with E-state index in [1.54, 1.807) is 6.08 Å². The Labute approximate surface area is 136 Å². The molecule has 1 aromatic heterocycles. The normalized spacial score (nSPS) is 13.7. The van der Waals surface area contributed by atoms with Gasteiger partial charge in [-0.2, -0.15) is 0 Å². The standard InChI is InChI=1S/C16H25ClN2OS/c1-4-10-19(11-14-8-9-15(17)21-14)16(20)12(2)6-5-7-13(3)18/h4,8-9,12-13H,1,5-7,10-11,18H2,2-3H3. The minimum atomic E-state index is 0.0131. The summed E-state index contributed by atoms with van der Waals surface area (Å²) in [6.45, 7) is 8.88.